The van der Waals surface area contributed by atoms with Crippen molar-refractivity contribution < 1.29 is 9.90 Å². The number of allylic oxidation sites excluding steroid dienone is 1. The molecule has 28 heavy (non-hydrogen) atoms. The third kappa shape index (κ3) is 3.29. The first-order valence-electron chi connectivity index (χ1n) is 8.45. The molecule has 0 spiro atoms. The number of nitrogens with zero attached hydrogens (tertiary/aromatic N) is 2. The van der Waals surface area contributed by atoms with Crippen LogP contribution in [0.5, 0.6) is 5.75 Å². The molecule has 4 aromatic rings. The van der Waals surface area contributed by atoms with Crippen molar-refractivity contribution in [3.8, 4) is 17.6 Å². The van der Waals surface area contributed by atoms with E-state index in [0.717, 1.165) is 21.3 Å². The number of fused-ring (bicyclic) bond motifs is 2. The minimum Gasteiger partial charge on any atom is -0.506 e. The fourth-order valence-corrected chi connectivity index (χ4v) is 3.72. The molecule has 4 rings (SSSR count). The summed E-state index contributed by atoms with van der Waals surface area (Å²) >= 11 is 1.31. The summed E-state index contributed by atoms with van der Waals surface area (Å²) < 4.78 is 2.35. The normalized spacial score (nSPS) is 10.6. The molecule has 6 nitrogen and oxygen atoms in total. The van der Waals surface area contributed by atoms with Gasteiger partial charge in [0, 0.05) is 22.8 Å². The summed E-state index contributed by atoms with van der Waals surface area (Å²) in [7, 11) is 0. The number of aromatic hydroxyl groups is 1. The van der Waals surface area contributed by atoms with Gasteiger partial charge in [0.2, 0.25) is 0 Å². The molecule has 0 saturated carbocycles. The molecule has 2 heterocycles. The molecular formula is C21H16N4O2S. The molecule has 0 amide bonds. The van der Waals surface area contributed by atoms with Crippen LogP contribution in [0, 0.1) is 11.8 Å². The van der Waals surface area contributed by atoms with Gasteiger partial charge < -0.3 is 16.2 Å². The van der Waals surface area contributed by atoms with Gasteiger partial charge in [-0.2, -0.15) is 0 Å². The molecular weight excluding hydrogens is 372 g/mol. The van der Waals surface area contributed by atoms with Crippen molar-refractivity contribution in [2.24, 2.45) is 0 Å². The Labute approximate surface area is 164 Å². The molecule has 0 saturated heterocycles. The topological polar surface area (TPSA) is 93.2 Å². The average molecular weight is 388 g/mol. The van der Waals surface area contributed by atoms with Gasteiger partial charge in [0.1, 0.15) is 11.3 Å². The summed E-state index contributed by atoms with van der Waals surface area (Å²) in [6.45, 7) is 3.94. The Balaban J connectivity index is 1.51. The van der Waals surface area contributed by atoms with Crippen LogP contribution >= 0.6 is 11.3 Å². The summed E-state index contributed by atoms with van der Waals surface area (Å²) in [5, 5.41) is 14.6. The third-order valence-electron chi connectivity index (χ3n) is 4.21. The van der Waals surface area contributed by atoms with Crippen LogP contribution in [0.2, 0.25) is 0 Å². The Kier molecular flexibility index (Phi) is 4.47. The number of rotatable bonds is 3. The number of benzene rings is 2. The van der Waals surface area contributed by atoms with Gasteiger partial charge in [0.25, 0.3) is 5.91 Å². The highest BCUT2D eigenvalue weighted by molar-refractivity contribution is 7.22. The highest BCUT2D eigenvalue weighted by atomic mass is 32.1. The Morgan fingerprint density at radius 2 is 2.21 bits per heavy atom. The SMILES string of the molecule is C=CC(=O)n1ccc2ccc(NCC#Cc3cc(O)c4nc(N)sc4c3)cc21. The third-order valence-corrected chi connectivity index (χ3v) is 5.04. The fraction of sp³-hybridized carbons (Fsp3) is 0.0476. The summed E-state index contributed by atoms with van der Waals surface area (Å²) in [5.74, 6) is 5.95. The van der Waals surface area contributed by atoms with E-state index >= 15 is 0 Å². The Morgan fingerprint density at radius 3 is 3.04 bits per heavy atom. The predicted octanol–water partition coefficient (Wildman–Crippen LogP) is 3.83. The lowest BCUT2D eigenvalue weighted by Crippen LogP contribution is -2.05. The van der Waals surface area contributed by atoms with E-state index in [4.69, 9.17) is 5.73 Å². The van der Waals surface area contributed by atoms with Gasteiger partial charge in [-0.25, -0.2) is 4.98 Å². The zero-order valence-electron chi connectivity index (χ0n) is 14.8. The zero-order chi connectivity index (χ0) is 19.7. The maximum Gasteiger partial charge on any atom is 0.254 e. The molecule has 0 fully saturated rings. The smallest absolute Gasteiger partial charge is 0.254 e. The quantitative estimate of drug-likeness (QED) is 0.366. The molecule has 4 N–H and O–H groups in total. The van der Waals surface area contributed by atoms with E-state index in [2.05, 4.69) is 28.7 Å². The van der Waals surface area contributed by atoms with Crippen LogP contribution in [0.4, 0.5) is 10.8 Å². The summed E-state index contributed by atoms with van der Waals surface area (Å²) in [6, 6.07) is 11.1. The molecule has 2 aromatic carbocycles. The van der Waals surface area contributed by atoms with E-state index in [1.54, 1.807) is 16.8 Å². The van der Waals surface area contributed by atoms with Gasteiger partial charge >= 0.3 is 0 Å². The monoisotopic (exact) mass is 388 g/mol. The number of phenols is 1. The molecule has 2 aromatic heterocycles. The molecule has 0 aliphatic rings. The van der Waals surface area contributed by atoms with Crippen molar-refractivity contribution in [2.75, 3.05) is 17.6 Å². The molecule has 0 radical (unpaired) electrons. The summed E-state index contributed by atoms with van der Waals surface area (Å²) in [6.07, 6.45) is 3.01. The standard InChI is InChI=1S/C21H16N4O2S/c1-2-19(27)25-9-7-14-5-6-15(12-16(14)25)23-8-3-4-13-10-17(26)20-18(11-13)28-21(22)24-20/h2,5-7,9-12,23,26H,1,8H2,(H2,22,24). The van der Waals surface area contributed by atoms with E-state index in [-0.39, 0.29) is 11.7 Å². The summed E-state index contributed by atoms with van der Waals surface area (Å²) in [5.41, 5.74) is 8.54. The molecule has 138 valence electrons. The van der Waals surface area contributed by atoms with Crippen LogP contribution in [-0.2, 0) is 0 Å². The molecule has 0 atom stereocenters. The highest BCUT2D eigenvalue weighted by Gasteiger charge is 2.08. The number of nitrogens with one attached hydrogen (secondary N) is 1. The number of phenolic OH excluding ortho intramolecular Hbond substituents is 1. The fourth-order valence-electron chi connectivity index (χ4n) is 2.92. The predicted molar refractivity (Wildman–Crippen MR) is 114 cm³/mol. The van der Waals surface area contributed by atoms with E-state index in [1.165, 1.54) is 17.4 Å². The molecule has 0 aliphatic heterocycles. The number of thiazole rings is 1. The lowest BCUT2D eigenvalue weighted by Gasteiger charge is -2.05. The van der Waals surface area contributed by atoms with E-state index in [9.17, 15) is 9.90 Å². The van der Waals surface area contributed by atoms with Gasteiger partial charge in [-0.3, -0.25) is 9.36 Å². The maximum atomic E-state index is 11.9. The van der Waals surface area contributed by atoms with Gasteiger partial charge in [-0.05, 0) is 36.4 Å². The lowest BCUT2D eigenvalue weighted by atomic mass is 10.2. The van der Waals surface area contributed by atoms with Crippen LogP contribution in [0.1, 0.15) is 10.4 Å². The number of carbonyl (C=O) groups excluding carboxylic acids is 1. The van der Waals surface area contributed by atoms with Crippen LogP contribution < -0.4 is 11.1 Å². The van der Waals surface area contributed by atoms with Crippen LogP contribution in [0.15, 0.2) is 55.3 Å². The van der Waals surface area contributed by atoms with Gasteiger partial charge in [-0.15, -0.1) is 0 Å². The molecule has 0 bridgehead atoms. The molecule has 0 aliphatic carbocycles. The first kappa shape index (κ1) is 17.6. The first-order chi connectivity index (χ1) is 13.5. The van der Waals surface area contributed by atoms with Gasteiger partial charge in [-0.1, -0.05) is 35.8 Å². The van der Waals surface area contributed by atoms with Crippen molar-refractivity contribution in [3.63, 3.8) is 0 Å². The van der Waals surface area contributed by atoms with Crippen molar-refractivity contribution in [1.82, 2.24) is 9.55 Å². The van der Waals surface area contributed by atoms with Gasteiger partial charge in [0.05, 0.1) is 16.8 Å². The largest absolute Gasteiger partial charge is 0.506 e. The second kappa shape index (κ2) is 7.10. The maximum absolute atomic E-state index is 11.9. The van der Waals surface area contributed by atoms with Crippen molar-refractivity contribution in [1.29, 1.82) is 0 Å². The average Bonchev–Trinajstić information content (AvgIpc) is 3.27. The zero-order valence-corrected chi connectivity index (χ0v) is 15.6. The number of carbonyl (C=O) groups is 1. The number of aromatic nitrogens is 2. The number of hydrogen-bond donors (Lipinski definition) is 3. The lowest BCUT2D eigenvalue weighted by molar-refractivity contribution is 0.0974. The van der Waals surface area contributed by atoms with E-state index < -0.39 is 0 Å². The number of nitrogen functional groups attached to an aromatic ring is 1. The van der Waals surface area contributed by atoms with Gasteiger partial charge in [0.15, 0.2) is 5.13 Å². The highest BCUT2D eigenvalue weighted by Crippen LogP contribution is 2.31. The van der Waals surface area contributed by atoms with Crippen LogP contribution in [-0.4, -0.2) is 27.1 Å². The minimum absolute atomic E-state index is 0.0702. The number of nitrogens with two attached hydrogens (primary N) is 1. The number of anilines is 2. The Morgan fingerprint density at radius 1 is 1.36 bits per heavy atom. The Bertz CT molecular complexity index is 1290. The first-order valence-corrected chi connectivity index (χ1v) is 9.26. The molecule has 7 heteroatoms. The van der Waals surface area contributed by atoms with Crippen LogP contribution in [0.3, 0.4) is 0 Å². The van der Waals surface area contributed by atoms with Crippen molar-refractivity contribution in [2.45, 2.75) is 0 Å². The second-order valence-electron chi connectivity index (χ2n) is 6.05. The number of hydrogen-bond acceptors (Lipinski definition) is 6. The Hall–Kier alpha value is -3.76. The van der Waals surface area contributed by atoms with Crippen LogP contribution in [0.25, 0.3) is 21.1 Å². The second-order valence-corrected chi connectivity index (χ2v) is 7.11. The van der Waals surface area contributed by atoms with E-state index in [1.807, 2.05) is 30.3 Å². The summed E-state index contributed by atoms with van der Waals surface area (Å²) in [4.78, 5) is 16.0. The van der Waals surface area contributed by atoms with E-state index in [0.29, 0.717) is 22.8 Å². The molecule has 0 unspecified atom stereocenters. The van der Waals surface area contributed by atoms with Crippen molar-refractivity contribution in [3.05, 3.63) is 60.8 Å². The minimum atomic E-state index is -0.175. The van der Waals surface area contributed by atoms with Crippen molar-refractivity contribution >= 4 is 49.2 Å².